The highest BCUT2D eigenvalue weighted by molar-refractivity contribution is 7.18. The largest absolute Gasteiger partial charge is 0.451 e. The number of ether oxygens (including phenoxy) is 2. The lowest BCUT2D eigenvalue weighted by Crippen LogP contribution is -2.35. The molecule has 3 aromatic heterocycles. The first-order chi connectivity index (χ1) is 15.3. The number of hydrogen-bond acceptors (Lipinski definition) is 9. The number of benzene rings is 1. The van der Waals surface area contributed by atoms with Gasteiger partial charge < -0.3 is 18.9 Å². The topological polar surface area (TPSA) is 77.7 Å². The Balaban J connectivity index is 1.34. The van der Waals surface area contributed by atoms with E-state index in [1.165, 1.54) is 11.3 Å². The summed E-state index contributed by atoms with van der Waals surface area (Å²) in [4.78, 5) is 19.9. The van der Waals surface area contributed by atoms with Crippen molar-refractivity contribution in [3.05, 3.63) is 64.0 Å². The van der Waals surface area contributed by atoms with Crippen molar-refractivity contribution in [1.82, 2.24) is 10.1 Å². The Morgan fingerprint density at radius 2 is 1.97 bits per heavy atom. The van der Waals surface area contributed by atoms with Crippen LogP contribution in [0.15, 0.2) is 57.7 Å². The second-order valence-corrected chi connectivity index (χ2v) is 8.71. The maximum atomic E-state index is 12.8. The Morgan fingerprint density at radius 1 is 1.13 bits per heavy atom. The first-order valence-electron chi connectivity index (χ1n) is 9.82. The smallest absolute Gasteiger partial charge is 0.348 e. The fourth-order valence-electron chi connectivity index (χ4n) is 3.33. The molecule has 0 unspecified atom stereocenters. The Hall–Kier alpha value is -3.01. The summed E-state index contributed by atoms with van der Waals surface area (Å²) in [6, 6.07) is 13.9. The molecule has 1 fully saturated rings. The molecule has 1 saturated heterocycles. The fourth-order valence-corrected chi connectivity index (χ4v) is 5.09. The van der Waals surface area contributed by atoms with Crippen LogP contribution in [-0.2, 0) is 16.1 Å². The van der Waals surface area contributed by atoms with Gasteiger partial charge in [-0.15, -0.1) is 11.3 Å². The molecule has 4 heterocycles. The number of morpholine rings is 1. The SMILES string of the molecule is O=C(OCc1nc(-c2ccsc2)no1)c1cc(-c2ccccc2)c(N2CCOCC2)s1. The van der Waals surface area contributed by atoms with E-state index in [1.54, 1.807) is 11.3 Å². The third kappa shape index (κ3) is 4.39. The van der Waals surface area contributed by atoms with Gasteiger partial charge >= 0.3 is 5.97 Å². The van der Waals surface area contributed by atoms with Gasteiger partial charge in [-0.1, -0.05) is 35.5 Å². The normalized spacial score (nSPS) is 14.0. The lowest BCUT2D eigenvalue weighted by molar-refractivity contribution is 0.0435. The standard InChI is InChI=1S/C22H19N3O4S2/c26-22(28-13-19-23-20(24-29-19)16-6-11-30-14-16)18-12-17(15-4-2-1-3-5-15)21(31-18)25-7-9-27-10-8-25/h1-6,11-12,14H,7-10,13H2. The van der Waals surface area contributed by atoms with Crippen LogP contribution in [0.4, 0.5) is 5.00 Å². The van der Waals surface area contributed by atoms with Crippen molar-refractivity contribution in [1.29, 1.82) is 0 Å². The molecule has 1 aromatic carbocycles. The highest BCUT2D eigenvalue weighted by Crippen LogP contribution is 2.39. The number of nitrogens with zero attached hydrogens (tertiary/aromatic N) is 3. The second kappa shape index (κ2) is 9.01. The molecular weight excluding hydrogens is 434 g/mol. The van der Waals surface area contributed by atoms with Crippen molar-refractivity contribution in [2.75, 3.05) is 31.2 Å². The predicted octanol–water partition coefficient (Wildman–Crippen LogP) is 4.72. The van der Waals surface area contributed by atoms with Gasteiger partial charge in [0.2, 0.25) is 5.82 Å². The van der Waals surface area contributed by atoms with E-state index in [-0.39, 0.29) is 12.5 Å². The molecule has 0 amide bonds. The number of rotatable bonds is 6. The highest BCUT2D eigenvalue weighted by Gasteiger charge is 2.23. The number of thiophene rings is 2. The summed E-state index contributed by atoms with van der Waals surface area (Å²) < 4.78 is 16.2. The molecule has 5 rings (SSSR count). The van der Waals surface area contributed by atoms with Crippen molar-refractivity contribution >= 4 is 33.6 Å². The molecule has 0 radical (unpaired) electrons. The number of aromatic nitrogens is 2. The summed E-state index contributed by atoms with van der Waals surface area (Å²) in [5.41, 5.74) is 2.97. The fraction of sp³-hybridized carbons (Fsp3) is 0.227. The summed E-state index contributed by atoms with van der Waals surface area (Å²) in [5, 5.41) is 8.87. The molecule has 9 heteroatoms. The predicted molar refractivity (Wildman–Crippen MR) is 120 cm³/mol. The number of anilines is 1. The van der Waals surface area contributed by atoms with Crippen LogP contribution in [0, 0.1) is 0 Å². The average Bonchev–Trinajstić information content (AvgIpc) is 3.59. The quantitative estimate of drug-likeness (QED) is 0.391. The van der Waals surface area contributed by atoms with Gasteiger partial charge in [-0.3, -0.25) is 0 Å². The summed E-state index contributed by atoms with van der Waals surface area (Å²) >= 11 is 2.99. The van der Waals surface area contributed by atoms with Gasteiger partial charge in [0.1, 0.15) is 4.88 Å². The lowest BCUT2D eigenvalue weighted by Gasteiger charge is -2.28. The van der Waals surface area contributed by atoms with Crippen molar-refractivity contribution in [3.8, 4) is 22.5 Å². The zero-order valence-corrected chi connectivity index (χ0v) is 18.2. The molecular formula is C22H19N3O4S2. The molecule has 0 spiro atoms. The Morgan fingerprint density at radius 3 is 2.74 bits per heavy atom. The van der Waals surface area contributed by atoms with Crippen LogP contribution in [0.5, 0.6) is 0 Å². The first-order valence-corrected chi connectivity index (χ1v) is 11.6. The van der Waals surface area contributed by atoms with Crippen molar-refractivity contribution in [2.24, 2.45) is 0 Å². The van der Waals surface area contributed by atoms with E-state index >= 15 is 0 Å². The van der Waals surface area contributed by atoms with E-state index in [0.29, 0.717) is 23.9 Å². The monoisotopic (exact) mass is 453 g/mol. The molecule has 0 N–H and O–H groups in total. The van der Waals surface area contributed by atoms with Crippen LogP contribution in [0.25, 0.3) is 22.5 Å². The maximum Gasteiger partial charge on any atom is 0.348 e. The van der Waals surface area contributed by atoms with Crippen LogP contribution in [-0.4, -0.2) is 42.4 Å². The van der Waals surface area contributed by atoms with Crippen LogP contribution < -0.4 is 4.90 Å². The molecule has 1 aliphatic rings. The minimum atomic E-state index is -0.406. The highest BCUT2D eigenvalue weighted by atomic mass is 32.1. The maximum absolute atomic E-state index is 12.8. The van der Waals surface area contributed by atoms with E-state index in [9.17, 15) is 4.79 Å². The molecule has 4 aromatic rings. The van der Waals surface area contributed by atoms with Gasteiger partial charge in [-0.05, 0) is 23.1 Å². The minimum absolute atomic E-state index is 0.0680. The van der Waals surface area contributed by atoms with Crippen LogP contribution in [0.3, 0.4) is 0 Å². The third-order valence-electron chi connectivity index (χ3n) is 4.87. The first kappa shape index (κ1) is 19.9. The van der Waals surface area contributed by atoms with Gasteiger partial charge in [0, 0.05) is 29.6 Å². The number of carbonyl (C=O) groups is 1. The number of carbonyl (C=O) groups excluding carboxylic acids is 1. The van der Waals surface area contributed by atoms with Gasteiger partial charge in [-0.2, -0.15) is 16.3 Å². The molecule has 0 bridgehead atoms. The molecule has 0 saturated carbocycles. The summed E-state index contributed by atoms with van der Waals surface area (Å²) in [6.45, 7) is 2.87. The van der Waals surface area contributed by atoms with Crippen LogP contribution >= 0.6 is 22.7 Å². The van der Waals surface area contributed by atoms with Gasteiger partial charge in [0.05, 0.1) is 18.2 Å². The molecule has 0 atom stereocenters. The summed E-state index contributed by atoms with van der Waals surface area (Å²) in [7, 11) is 0. The van der Waals surface area contributed by atoms with E-state index < -0.39 is 5.97 Å². The van der Waals surface area contributed by atoms with E-state index in [4.69, 9.17) is 14.0 Å². The van der Waals surface area contributed by atoms with Gasteiger partial charge in [0.25, 0.3) is 5.89 Å². The zero-order chi connectivity index (χ0) is 21.0. The molecule has 1 aliphatic heterocycles. The van der Waals surface area contributed by atoms with E-state index in [2.05, 4.69) is 15.0 Å². The number of hydrogen-bond donors (Lipinski definition) is 0. The van der Waals surface area contributed by atoms with E-state index in [1.807, 2.05) is 53.2 Å². The molecule has 0 aliphatic carbocycles. The minimum Gasteiger partial charge on any atom is -0.451 e. The van der Waals surface area contributed by atoms with Crippen molar-refractivity contribution in [2.45, 2.75) is 6.61 Å². The average molecular weight is 454 g/mol. The summed E-state index contributed by atoms with van der Waals surface area (Å²) in [5.74, 6) is 0.351. The lowest BCUT2D eigenvalue weighted by atomic mass is 10.1. The molecule has 31 heavy (non-hydrogen) atoms. The van der Waals surface area contributed by atoms with Gasteiger partial charge in [0.15, 0.2) is 6.61 Å². The molecule has 7 nitrogen and oxygen atoms in total. The Labute approximate surface area is 186 Å². The van der Waals surface area contributed by atoms with Gasteiger partial charge in [-0.25, -0.2) is 4.79 Å². The Kier molecular flexibility index (Phi) is 5.79. The van der Waals surface area contributed by atoms with Crippen LogP contribution in [0.2, 0.25) is 0 Å². The third-order valence-corrected chi connectivity index (χ3v) is 6.73. The second-order valence-electron chi connectivity index (χ2n) is 6.89. The Bertz CT molecular complexity index is 1150. The van der Waals surface area contributed by atoms with E-state index in [0.717, 1.165) is 34.8 Å². The van der Waals surface area contributed by atoms with Crippen molar-refractivity contribution < 1.29 is 18.8 Å². The summed E-state index contributed by atoms with van der Waals surface area (Å²) in [6.07, 6.45) is 0. The van der Waals surface area contributed by atoms with Crippen LogP contribution in [0.1, 0.15) is 15.6 Å². The van der Waals surface area contributed by atoms with Crippen molar-refractivity contribution in [3.63, 3.8) is 0 Å². The molecule has 158 valence electrons. The zero-order valence-electron chi connectivity index (χ0n) is 16.5. The number of esters is 1.